The number of piperidine rings is 1. The van der Waals surface area contributed by atoms with Gasteiger partial charge < -0.3 is 19.7 Å². The van der Waals surface area contributed by atoms with E-state index >= 15 is 0 Å². The molecule has 2 heterocycles. The highest BCUT2D eigenvalue weighted by atomic mass is 16.5. The molecule has 1 aromatic rings. The Morgan fingerprint density at radius 3 is 2.61 bits per heavy atom. The maximum absolute atomic E-state index is 12.4. The molecule has 0 aromatic heterocycles. The first kappa shape index (κ1) is 21.1. The number of hydrogen-bond acceptors (Lipinski definition) is 5. The lowest BCUT2D eigenvalue weighted by Crippen LogP contribution is -2.45. The Bertz CT molecular complexity index is 587. The molecule has 28 heavy (non-hydrogen) atoms. The number of likely N-dealkylation sites (tertiary alicyclic amines) is 1. The number of methoxy groups -OCH3 is 1. The van der Waals surface area contributed by atoms with Gasteiger partial charge >= 0.3 is 0 Å². The summed E-state index contributed by atoms with van der Waals surface area (Å²) in [6.07, 6.45) is 5.99. The lowest BCUT2D eigenvalue weighted by molar-refractivity contribution is -0.122. The first-order valence-corrected chi connectivity index (χ1v) is 10.7. The van der Waals surface area contributed by atoms with Crippen molar-refractivity contribution in [2.75, 3.05) is 59.5 Å². The van der Waals surface area contributed by atoms with Crippen LogP contribution in [0.4, 0.5) is 0 Å². The zero-order valence-corrected chi connectivity index (χ0v) is 17.2. The Kier molecular flexibility index (Phi) is 8.58. The third kappa shape index (κ3) is 7.08. The van der Waals surface area contributed by atoms with Crippen molar-refractivity contribution < 1.29 is 14.3 Å². The Hall–Kier alpha value is -1.63. The van der Waals surface area contributed by atoms with E-state index in [1.807, 2.05) is 24.3 Å². The van der Waals surface area contributed by atoms with Crippen molar-refractivity contribution in [1.82, 2.24) is 15.1 Å². The van der Waals surface area contributed by atoms with Gasteiger partial charge in [-0.2, -0.15) is 0 Å². The molecule has 3 rings (SSSR count). The molecular weight excluding hydrogens is 354 g/mol. The van der Waals surface area contributed by atoms with Crippen molar-refractivity contribution >= 4 is 5.91 Å². The van der Waals surface area contributed by atoms with Crippen LogP contribution >= 0.6 is 0 Å². The first-order valence-electron chi connectivity index (χ1n) is 10.7. The van der Waals surface area contributed by atoms with E-state index in [4.69, 9.17) is 9.47 Å². The summed E-state index contributed by atoms with van der Waals surface area (Å²) in [5.41, 5.74) is 1.20. The van der Waals surface area contributed by atoms with Gasteiger partial charge in [-0.05, 0) is 56.5 Å². The largest absolute Gasteiger partial charge is 0.497 e. The molecule has 2 fully saturated rings. The summed E-state index contributed by atoms with van der Waals surface area (Å²) < 4.78 is 11.2. The minimum absolute atomic E-state index is 0.104. The summed E-state index contributed by atoms with van der Waals surface area (Å²) >= 11 is 0. The number of hydrogen-bond donors (Lipinski definition) is 1. The average molecular weight is 390 g/mol. The first-order chi connectivity index (χ1) is 13.7. The highest BCUT2D eigenvalue weighted by molar-refractivity contribution is 5.78. The van der Waals surface area contributed by atoms with Crippen LogP contribution in [0.1, 0.15) is 31.2 Å². The highest BCUT2D eigenvalue weighted by Gasteiger charge is 2.23. The second kappa shape index (κ2) is 11.4. The normalized spacial score (nSPS) is 21.8. The zero-order valence-electron chi connectivity index (χ0n) is 17.2. The molecule has 0 spiro atoms. The number of rotatable bonds is 8. The molecule has 1 N–H and O–H groups in total. The summed E-state index contributed by atoms with van der Waals surface area (Å²) in [7, 11) is 1.67. The smallest absolute Gasteiger partial charge is 0.234 e. The Labute approximate surface area is 169 Å². The Balaban J connectivity index is 1.37. The summed E-state index contributed by atoms with van der Waals surface area (Å²) in [5.74, 6) is 0.961. The second-order valence-corrected chi connectivity index (χ2v) is 7.89. The van der Waals surface area contributed by atoms with Crippen molar-refractivity contribution in [3.05, 3.63) is 29.8 Å². The SMILES string of the molecule is COc1ccc(CCNC(=O)CN2CCCOC(CN3CCCCC3)C2)cc1. The van der Waals surface area contributed by atoms with E-state index in [-0.39, 0.29) is 12.0 Å². The molecule has 2 aliphatic rings. The van der Waals surface area contributed by atoms with Gasteiger partial charge in [-0.25, -0.2) is 0 Å². The van der Waals surface area contributed by atoms with Gasteiger partial charge in [-0.1, -0.05) is 18.6 Å². The molecule has 2 aliphatic heterocycles. The molecule has 1 unspecified atom stereocenters. The standard InChI is InChI=1S/C22H35N3O3/c1-27-20-8-6-19(7-9-20)10-11-23-22(26)18-25-14-5-15-28-21(17-25)16-24-12-3-2-4-13-24/h6-9,21H,2-5,10-18H2,1H3,(H,23,26). The van der Waals surface area contributed by atoms with E-state index in [1.165, 1.54) is 37.9 Å². The van der Waals surface area contributed by atoms with Crippen LogP contribution in [0, 0.1) is 0 Å². The number of benzene rings is 1. The monoisotopic (exact) mass is 389 g/mol. The van der Waals surface area contributed by atoms with Gasteiger partial charge in [-0.15, -0.1) is 0 Å². The fraction of sp³-hybridized carbons (Fsp3) is 0.682. The molecule has 0 aliphatic carbocycles. The van der Waals surface area contributed by atoms with Crippen LogP contribution in [-0.4, -0.2) is 81.3 Å². The van der Waals surface area contributed by atoms with Gasteiger partial charge in [0.15, 0.2) is 0 Å². The van der Waals surface area contributed by atoms with E-state index in [1.54, 1.807) is 7.11 Å². The molecule has 0 radical (unpaired) electrons. The van der Waals surface area contributed by atoms with Crippen molar-refractivity contribution in [2.24, 2.45) is 0 Å². The summed E-state index contributed by atoms with van der Waals surface area (Å²) in [4.78, 5) is 17.2. The number of amides is 1. The molecule has 0 saturated carbocycles. The van der Waals surface area contributed by atoms with Gasteiger partial charge in [0.05, 0.1) is 19.8 Å². The summed E-state index contributed by atoms with van der Waals surface area (Å²) in [5, 5.41) is 3.06. The van der Waals surface area contributed by atoms with Crippen molar-refractivity contribution in [3.8, 4) is 5.75 Å². The van der Waals surface area contributed by atoms with Crippen LogP contribution in [0.15, 0.2) is 24.3 Å². The lowest BCUT2D eigenvalue weighted by Gasteiger charge is -2.31. The minimum Gasteiger partial charge on any atom is -0.497 e. The Morgan fingerprint density at radius 2 is 1.86 bits per heavy atom. The molecule has 1 atom stereocenters. The number of nitrogens with one attached hydrogen (secondary N) is 1. The van der Waals surface area contributed by atoms with Gasteiger partial charge in [-0.3, -0.25) is 9.69 Å². The number of nitrogens with zero attached hydrogens (tertiary/aromatic N) is 2. The van der Waals surface area contributed by atoms with Crippen LogP contribution in [0.2, 0.25) is 0 Å². The third-order valence-electron chi connectivity index (χ3n) is 5.61. The Morgan fingerprint density at radius 1 is 1.11 bits per heavy atom. The van der Waals surface area contributed by atoms with Crippen molar-refractivity contribution in [1.29, 1.82) is 0 Å². The van der Waals surface area contributed by atoms with E-state index in [0.29, 0.717) is 13.1 Å². The van der Waals surface area contributed by atoms with Gasteiger partial charge in [0.25, 0.3) is 0 Å². The quantitative estimate of drug-likeness (QED) is 0.736. The maximum Gasteiger partial charge on any atom is 0.234 e. The topological polar surface area (TPSA) is 54.0 Å². The summed E-state index contributed by atoms with van der Waals surface area (Å²) in [6.45, 7) is 7.07. The highest BCUT2D eigenvalue weighted by Crippen LogP contribution is 2.13. The number of carbonyl (C=O) groups excluding carboxylic acids is 1. The summed E-state index contributed by atoms with van der Waals surface area (Å²) in [6, 6.07) is 8.00. The predicted octanol–water partition coefficient (Wildman–Crippen LogP) is 1.93. The van der Waals surface area contributed by atoms with Crippen LogP contribution < -0.4 is 10.1 Å². The molecular formula is C22H35N3O3. The van der Waals surface area contributed by atoms with E-state index < -0.39 is 0 Å². The maximum atomic E-state index is 12.4. The van der Waals surface area contributed by atoms with Crippen LogP contribution in [0.3, 0.4) is 0 Å². The predicted molar refractivity (Wildman–Crippen MR) is 111 cm³/mol. The molecule has 2 saturated heterocycles. The van der Waals surface area contributed by atoms with Gasteiger partial charge in [0, 0.05) is 32.8 Å². The average Bonchev–Trinajstić information content (AvgIpc) is 2.94. The van der Waals surface area contributed by atoms with E-state index in [0.717, 1.165) is 44.8 Å². The van der Waals surface area contributed by atoms with Gasteiger partial charge in [0.2, 0.25) is 5.91 Å². The van der Waals surface area contributed by atoms with E-state index in [2.05, 4.69) is 15.1 Å². The van der Waals surface area contributed by atoms with Crippen LogP contribution in [-0.2, 0) is 16.0 Å². The third-order valence-corrected chi connectivity index (χ3v) is 5.61. The van der Waals surface area contributed by atoms with Crippen molar-refractivity contribution in [2.45, 2.75) is 38.2 Å². The van der Waals surface area contributed by atoms with Gasteiger partial charge in [0.1, 0.15) is 5.75 Å². The van der Waals surface area contributed by atoms with Crippen molar-refractivity contribution in [3.63, 3.8) is 0 Å². The lowest BCUT2D eigenvalue weighted by atomic mass is 10.1. The number of ether oxygens (including phenoxy) is 2. The minimum atomic E-state index is 0.104. The van der Waals surface area contributed by atoms with E-state index in [9.17, 15) is 4.79 Å². The molecule has 1 aromatic carbocycles. The molecule has 0 bridgehead atoms. The zero-order chi connectivity index (χ0) is 19.6. The van der Waals surface area contributed by atoms with Crippen LogP contribution in [0.25, 0.3) is 0 Å². The molecule has 156 valence electrons. The molecule has 6 nitrogen and oxygen atoms in total. The second-order valence-electron chi connectivity index (χ2n) is 7.89. The number of carbonyl (C=O) groups is 1. The molecule has 6 heteroatoms. The molecule has 1 amide bonds. The fourth-order valence-corrected chi connectivity index (χ4v) is 4.05. The van der Waals surface area contributed by atoms with Crippen LogP contribution in [0.5, 0.6) is 5.75 Å². The fourth-order valence-electron chi connectivity index (χ4n) is 4.05.